The first-order valence-corrected chi connectivity index (χ1v) is 4.16. The van der Waals surface area contributed by atoms with Crippen LogP contribution >= 0.6 is 0 Å². The summed E-state index contributed by atoms with van der Waals surface area (Å²) in [6.45, 7) is 2.24. The van der Waals surface area contributed by atoms with Gasteiger partial charge in [0.05, 0.1) is 6.42 Å². The Balaban J connectivity index is 2.66. The molecule has 2 unspecified atom stereocenters. The average molecular weight is 242 g/mol. The van der Waals surface area contributed by atoms with Crippen LogP contribution in [-0.2, 0) is 19.0 Å². The molecular formula is C8H9F3O5. The molecule has 1 heterocycles. The zero-order valence-electron chi connectivity index (χ0n) is 7.99. The van der Waals surface area contributed by atoms with Gasteiger partial charge in [-0.15, -0.1) is 0 Å². The highest BCUT2D eigenvalue weighted by atomic mass is 19.4. The van der Waals surface area contributed by atoms with Gasteiger partial charge in [0, 0.05) is 6.08 Å². The molecule has 1 fully saturated rings. The predicted octanol–water partition coefficient (Wildman–Crippen LogP) is 0.687. The third-order valence-corrected chi connectivity index (χ3v) is 1.85. The molecule has 1 N–H and O–H groups in total. The van der Waals surface area contributed by atoms with Crippen molar-refractivity contribution in [2.75, 3.05) is 6.79 Å². The monoisotopic (exact) mass is 242 g/mol. The summed E-state index contributed by atoms with van der Waals surface area (Å²) in [6, 6.07) is 0. The van der Waals surface area contributed by atoms with Crippen molar-refractivity contribution >= 4 is 5.97 Å². The van der Waals surface area contributed by atoms with Gasteiger partial charge in [0.25, 0.3) is 5.79 Å². The third-order valence-electron chi connectivity index (χ3n) is 1.85. The second kappa shape index (κ2) is 4.40. The van der Waals surface area contributed by atoms with E-state index in [9.17, 15) is 18.0 Å². The van der Waals surface area contributed by atoms with E-state index in [0.717, 1.165) is 6.08 Å². The SMILES string of the molecule is C=CC(=O)OC1CC(O)(C(F)(F)F)OCO1. The van der Waals surface area contributed by atoms with Gasteiger partial charge in [0.1, 0.15) is 0 Å². The number of aliphatic hydroxyl groups is 1. The van der Waals surface area contributed by atoms with Crippen molar-refractivity contribution < 1.29 is 37.3 Å². The summed E-state index contributed by atoms with van der Waals surface area (Å²) in [5, 5.41) is 9.12. The van der Waals surface area contributed by atoms with E-state index in [1.165, 1.54) is 0 Å². The maximum atomic E-state index is 12.3. The van der Waals surface area contributed by atoms with E-state index in [0.29, 0.717) is 0 Å². The lowest BCUT2D eigenvalue weighted by atomic mass is 10.1. The smallest absolute Gasteiger partial charge is 0.432 e. The Morgan fingerprint density at radius 3 is 2.75 bits per heavy atom. The Hall–Kier alpha value is -1.12. The molecule has 0 aromatic rings. The summed E-state index contributed by atoms with van der Waals surface area (Å²) in [6.07, 6.45) is -6.79. The van der Waals surface area contributed by atoms with Crippen LogP contribution in [-0.4, -0.2) is 36.1 Å². The number of carbonyl (C=O) groups excluding carboxylic acids is 1. The highest BCUT2D eigenvalue weighted by molar-refractivity contribution is 5.81. The summed E-state index contributed by atoms with van der Waals surface area (Å²) < 4.78 is 50.0. The van der Waals surface area contributed by atoms with Gasteiger partial charge >= 0.3 is 12.1 Å². The number of halogens is 3. The summed E-state index contributed by atoms with van der Waals surface area (Å²) in [4.78, 5) is 10.7. The zero-order chi connectivity index (χ0) is 12.4. The van der Waals surface area contributed by atoms with Gasteiger partial charge in [-0.05, 0) is 0 Å². The van der Waals surface area contributed by atoms with E-state index in [2.05, 4.69) is 20.8 Å². The van der Waals surface area contributed by atoms with Crippen molar-refractivity contribution in [2.24, 2.45) is 0 Å². The molecule has 0 spiro atoms. The Morgan fingerprint density at radius 2 is 2.25 bits per heavy atom. The van der Waals surface area contributed by atoms with Crippen molar-refractivity contribution in [3.05, 3.63) is 12.7 Å². The molecule has 0 radical (unpaired) electrons. The Labute approximate surface area is 88.4 Å². The summed E-state index contributed by atoms with van der Waals surface area (Å²) in [7, 11) is 0. The highest BCUT2D eigenvalue weighted by Gasteiger charge is 2.58. The van der Waals surface area contributed by atoms with Crippen LogP contribution in [0.5, 0.6) is 0 Å². The van der Waals surface area contributed by atoms with E-state index in [-0.39, 0.29) is 0 Å². The molecule has 92 valence electrons. The first kappa shape index (κ1) is 12.9. The fourth-order valence-corrected chi connectivity index (χ4v) is 1.00. The lowest BCUT2D eigenvalue weighted by Crippen LogP contribution is -2.54. The first-order chi connectivity index (χ1) is 7.28. The molecule has 0 aromatic heterocycles. The second-order valence-electron chi connectivity index (χ2n) is 2.99. The Morgan fingerprint density at radius 1 is 1.62 bits per heavy atom. The maximum absolute atomic E-state index is 12.3. The first-order valence-electron chi connectivity index (χ1n) is 4.16. The second-order valence-corrected chi connectivity index (χ2v) is 2.99. The topological polar surface area (TPSA) is 65.0 Å². The molecule has 0 aromatic carbocycles. The number of alkyl halides is 3. The van der Waals surface area contributed by atoms with Crippen molar-refractivity contribution in [1.29, 1.82) is 0 Å². The number of carbonyl (C=O) groups is 1. The lowest BCUT2D eigenvalue weighted by molar-refractivity contribution is -0.427. The zero-order valence-corrected chi connectivity index (χ0v) is 7.99. The number of hydrogen-bond acceptors (Lipinski definition) is 5. The molecule has 0 bridgehead atoms. The van der Waals surface area contributed by atoms with Gasteiger partial charge in [0.15, 0.2) is 6.79 Å². The van der Waals surface area contributed by atoms with Crippen LogP contribution in [0.2, 0.25) is 0 Å². The molecule has 0 aliphatic carbocycles. The fraction of sp³-hybridized carbons (Fsp3) is 0.625. The quantitative estimate of drug-likeness (QED) is 0.570. The summed E-state index contributed by atoms with van der Waals surface area (Å²) in [5.74, 6) is -4.31. The fourth-order valence-electron chi connectivity index (χ4n) is 1.00. The molecule has 0 amide bonds. The van der Waals surface area contributed by atoms with E-state index < -0.39 is 37.4 Å². The Kier molecular flexibility index (Phi) is 3.56. The van der Waals surface area contributed by atoms with Gasteiger partial charge in [-0.2, -0.15) is 13.2 Å². The van der Waals surface area contributed by atoms with Gasteiger partial charge in [0.2, 0.25) is 6.29 Å². The molecule has 2 atom stereocenters. The highest BCUT2D eigenvalue weighted by Crippen LogP contribution is 2.38. The largest absolute Gasteiger partial charge is 0.443 e. The van der Waals surface area contributed by atoms with E-state index in [4.69, 9.17) is 5.11 Å². The molecule has 16 heavy (non-hydrogen) atoms. The van der Waals surface area contributed by atoms with Gasteiger partial charge in [-0.25, -0.2) is 4.79 Å². The van der Waals surface area contributed by atoms with E-state index in [1.54, 1.807) is 0 Å². The van der Waals surface area contributed by atoms with E-state index in [1.807, 2.05) is 0 Å². The van der Waals surface area contributed by atoms with Crippen LogP contribution in [0.4, 0.5) is 13.2 Å². The third kappa shape index (κ3) is 2.71. The number of hydrogen-bond donors (Lipinski definition) is 1. The lowest BCUT2D eigenvalue weighted by Gasteiger charge is -2.36. The molecular weight excluding hydrogens is 233 g/mol. The number of ether oxygens (including phenoxy) is 3. The standard InChI is InChI=1S/C8H9F3O5/c1-2-5(12)16-6-3-7(13,8(9,10)11)15-4-14-6/h2,6,13H,1,3-4H2. The molecule has 1 aliphatic heterocycles. The normalized spacial score (nSPS) is 30.9. The van der Waals surface area contributed by atoms with Gasteiger partial charge in [-0.1, -0.05) is 6.58 Å². The maximum Gasteiger partial charge on any atom is 0.443 e. The minimum absolute atomic E-state index is 0.769. The van der Waals surface area contributed by atoms with Crippen LogP contribution in [0.25, 0.3) is 0 Å². The predicted molar refractivity (Wildman–Crippen MR) is 42.7 cm³/mol. The molecule has 8 heteroatoms. The van der Waals surface area contributed by atoms with Gasteiger partial charge in [-0.3, -0.25) is 0 Å². The molecule has 1 rings (SSSR count). The number of rotatable bonds is 2. The van der Waals surface area contributed by atoms with Gasteiger partial charge < -0.3 is 19.3 Å². The van der Waals surface area contributed by atoms with Crippen LogP contribution in [0.3, 0.4) is 0 Å². The minimum Gasteiger partial charge on any atom is -0.432 e. The molecule has 1 saturated heterocycles. The number of esters is 1. The van der Waals surface area contributed by atoms with Crippen LogP contribution in [0.1, 0.15) is 6.42 Å². The van der Waals surface area contributed by atoms with Crippen LogP contribution < -0.4 is 0 Å². The summed E-state index contributed by atoms with van der Waals surface area (Å²) in [5.41, 5.74) is 0. The molecule has 1 aliphatic rings. The van der Waals surface area contributed by atoms with Crippen molar-refractivity contribution in [2.45, 2.75) is 24.7 Å². The van der Waals surface area contributed by atoms with Crippen molar-refractivity contribution in [3.63, 3.8) is 0 Å². The minimum atomic E-state index is -4.99. The van der Waals surface area contributed by atoms with Crippen molar-refractivity contribution in [3.8, 4) is 0 Å². The van der Waals surface area contributed by atoms with Crippen molar-refractivity contribution in [1.82, 2.24) is 0 Å². The average Bonchev–Trinajstić information content (AvgIpc) is 2.16. The molecule has 0 saturated carbocycles. The van der Waals surface area contributed by atoms with E-state index >= 15 is 0 Å². The van der Waals surface area contributed by atoms with Crippen LogP contribution in [0.15, 0.2) is 12.7 Å². The molecule has 5 nitrogen and oxygen atoms in total. The van der Waals surface area contributed by atoms with Crippen LogP contribution in [0, 0.1) is 0 Å². The Bertz CT molecular complexity index is 290. The summed E-state index contributed by atoms with van der Waals surface area (Å²) >= 11 is 0.